The third kappa shape index (κ3) is 5.43. The Bertz CT molecular complexity index is 3240. The summed E-state index contributed by atoms with van der Waals surface area (Å²) in [6.45, 7) is 0. The zero-order valence-corrected chi connectivity index (χ0v) is 34.1. The van der Waals surface area contributed by atoms with Crippen LogP contribution >= 0.6 is 0 Å². The second-order valence-electron chi connectivity index (χ2n) is 16.3. The maximum Gasteiger partial charge on any atom is 0.139 e. The minimum Gasteiger partial charge on any atom is -0.456 e. The van der Waals surface area contributed by atoms with E-state index in [-0.39, 0.29) is 0 Å². The summed E-state index contributed by atoms with van der Waals surface area (Å²) in [6, 6.07) is 48.9. The number of hydrogen-bond acceptors (Lipinski definition) is 1. The summed E-state index contributed by atoms with van der Waals surface area (Å²) in [5.74, 6) is 0. The van der Waals surface area contributed by atoms with Gasteiger partial charge in [0, 0.05) is 10.8 Å². The molecule has 0 atom stereocenters. The molecular weight excluding hydrogens is 679 g/mol. The second-order valence-corrected chi connectivity index (χ2v) is 16.3. The molecule has 57 heavy (non-hydrogen) atoms. The number of hydrogen-bond donors (Lipinski definition) is 0. The van der Waals surface area contributed by atoms with Gasteiger partial charge in [-0.05, 0) is 107 Å². The van der Waals surface area contributed by atoms with Gasteiger partial charge in [0.1, 0.15) is 73.9 Å². The maximum absolute atomic E-state index is 6.36. The lowest BCUT2D eigenvalue weighted by Gasteiger charge is -2.28. The molecule has 10 rings (SSSR count). The van der Waals surface area contributed by atoms with Crippen LogP contribution in [0.25, 0.3) is 98.8 Å². The molecule has 9 heteroatoms. The number of furan rings is 1. The third-order valence-electron chi connectivity index (χ3n) is 13.5. The SMILES string of the molecule is Bc1c(B)c(B)c2c(-c3cccc(-c4ccccc4)c3)c3c(B)c(B)c(B)c(B)c3c(-c3ccc(-c4ccc5oc6cc7ccccc7cc6c5c4)cc3)c2c1B. The van der Waals surface area contributed by atoms with E-state index in [4.69, 9.17) is 4.42 Å². The van der Waals surface area contributed by atoms with Crippen LogP contribution in [0.5, 0.6) is 0 Å². The lowest BCUT2D eigenvalue weighted by molar-refractivity contribution is 0.669. The van der Waals surface area contributed by atoms with Crippen LogP contribution in [0.15, 0.2) is 138 Å². The Labute approximate surface area is 341 Å². The Morgan fingerprint density at radius 2 is 0.702 bits per heavy atom. The standard InChI is InChI=1S/C48H38B8O/c49-41-37-35(25-15-13-24(14-16-25)29-17-18-33-31(21-29)32-20-27-9-4-5-10-28(27)22-34(32)57-33)38-40(44(52)48(56)46(54)42(38)50)36(39(37)43(51)47(55)45(41)53)30-12-6-11-26(19-30)23-7-2-1-3-8-23/h1-22H,49-56H2. The van der Waals surface area contributed by atoms with Crippen LogP contribution in [0.3, 0.4) is 0 Å². The third-order valence-corrected chi connectivity index (χ3v) is 13.5. The molecule has 0 aliphatic heterocycles. The van der Waals surface area contributed by atoms with E-state index in [2.05, 4.69) is 196 Å². The maximum atomic E-state index is 6.36. The molecule has 0 aliphatic rings. The van der Waals surface area contributed by atoms with E-state index < -0.39 is 0 Å². The molecule has 260 valence electrons. The molecule has 1 nitrogen and oxygen atoms in total. The molecule has 0 saturated heterocycles. The topological polar surface area (TPSA) is 13.1 Å². The van der Waals surface area contributed by atoms with Crippen molar-refractivity contribution in [2.45, 2.75) is 0 Å². The molecule has 1 heterocycles. The molecular formula is C48H38B8O. The monoisotopic (exact) mass is 718 g/mol. The van der Waals surface area contributed by atoms with Gasteiger partial charge in [-0.1, -0.05) is 125 Å². The molecule has 1 aromatic heterocycles. The predicted octanol–water partition coefficient (Wildman–Crippen LogP) is -0.219. The van der Waals surface area contributed by atoms with Gasteiger partial charge in [-0.2, -0.15) is 0 Å². The molecule has 0 fully saturated rings. The molecule has 0 amide bonds. The molecule has 0 radical (unpaired) electrons. The van der Waals surface area contributed by atoms with Crippen molar-refractivity contribution < 1.29 is 4.42 Å². The van der Waals surface area contributed by atoms with Gasteiger partial charge in [0.05, 0.1) is 0 Å². The van der Waals surface area contributed by atoms with Gasteiger partial charge in [0.25, 0.3) is 0 Å². The summed E-state index contributed by atoms with van der Waals surface area (Å²) in [5, 5.41) is 10.2. The number of fused-ring (bicyclic) bond motifs is 6. The van der Waals surface area contributed by atoms with Crippen molar-refractivity contribution in [3.8, 4) is 44.5 Å². The fourth-order valence-corrected chi connectivity index (χ4v) is 9.66. The van der Waals surface area contributed by atoms with E-state index in [0.29, 0.717) is 0 Å². The largest absolute Gasteiger partial charge is 0.456 e. The highest BCUT2D eigenvalue weighted by atomic mass is 16.3. The molecule has 10 aromatic rings. The van der Waals surface area contributed by atoms with Crippen LogP contribution in [-0.4, -0.2) is 62.8 Å². The fourth-order valence-electron chi connectivity index (χ4n) is 9.66. The van der Waals surface area contributed by atoms with E-state index in [0.717, 1.165) is 21.9 Å². The predicted molar refractivity (Wildman–Crippen MR) is 273 cm³/mol. The lowest BCUT2D eigenvalue weighted by Crippen LogP contribution is -2.50. The molecule has 0 aliphatic carbocycles. The van der Waals surface area contributed by atoms with Crippen molar-refractivity contribution in [3.05, 3.63) is 133 Å². The lowest BCUT2D eigenvalue weighted by atomic mass is 9.59. The first-order valence-corrected chi connectivity index (χ1v) is 20.2. The Kier molecular flexibility index (Phi) is 8.31. The van der Waals surface area contributed by atoms with Crippen LogP contribution < -0.4 is 43.7 Å². The van der Waals surface area contributed by atoms with E-state index in [9.17, 15) is 0 Å². The van der Waals surface area contributed by atoms with Crippen molar-refractivity contribution in [1.29, 1.82) is 0 Å². The van der Waals surface area contributed by atoms with Crippen LogP contribution in [-0.2, 0) is 0 Å². The molecule has 0 bridgehead atoms. The summed E-state index contributed by atoms with van der Waals surface area (Å²) >= 11 is 0. The van der Waals surface area contributed by atoms with Gasteiger partial charge in [0.2, 0.25) is 0 Å². The normalized spacial score (nSPS) is 11.7. The molecule has 0 spiro atoms. The van der Waals surface area contributed by atoms with Gasteiger partial charge < -0.3 is 4.42 Å². The van der Waals surface area contributed by atoms with Gasteiger partial charge in [-0.3, -0.25) is 0 Å². The number of benzene rings is 9. The molecule has 9 aromatic carbocycles. The van der Waals surface area contributed by atoms with Gasteiger partial charge in [-0.15, -0.1) is 21.9 Å². The highest BCUT2D eigenvalue weighted by Crippen LogP contribution is 2.42. The van der Waals surface area contributed by atoms with Crippen molar-refractivity contribution >= 4 is 161 Å². The van der Waals surface area contributed by atoms with Gasteiger partial charge in [-0.25, -0.2) is 0 Å². The highest BCUT2D eigenvalue weighted by Gasteiger charge is 2.25. The average Bonchev–Trinajstić information content (AvgIpc) is 3.61. The van der Waals surface area contributed by atoms with Crippen LogP contribution in [0.1, 0.15) is 0 Å². The van der Waals surface area contributed by atoms with Crippen molar-refractivity contribution in [2.24, 2.45) is 0 Å². The molecule has 0 N–H and O–H groups in total. The zero-order chi connectivity index (χ0) is 39.3. The second kappa shape index (κ2) is 13.3. The first-order valence-electron chi connectivity index (χ1n) is 20.2. The first-order chi connectivity index (χ1) is 27.6. The van der Waals surface area contributed by atoms with Crippen LogP contribution in [0.4, 0.5) is 0 Å². The Morgan fingerprint density at radius 1 is 0.281 bits per heavy atom. The van der Waals surface area contributed by atoms with E-state index in [1.54, 1.807) is 0 Å². The zero-order valence-electron chi connectivity index (χ0n) is 34.1. The Morgan fingerprint density at radius 3 is 1.30 bits per heavy atom. The summed E-state index contributed by atoms with van der Waals surface area (Å²) in [5.41, 5.74) is 22.8. The van der Waals surface area contributed by atoms with E-state index in [1.807, 2.05) is 0 Å². The fraction of sp³-hybridized carbons (Fsp3) is 0. The average molecular weight is 717 g/mol. The highest BCUT2D eigenvalue weighted by molar-refractivity contribution is 6.71. The Hall–Kier alpha value is -5.92. The minimum atomic E-state index is 0.918. The summed E-state index contributed by atoms with van der Waals surface area (Å²) in [6.07, 6.45) is 0. The van der Waals surface area contributed by atoms with Gasteiger partial charge >= 0.3 is 0 Å². The number of rotatable bonds is 4. The van der Waals surface area contributed by atoms with Gasteiger partial charge in [0.15, 0.2) is 0 Å². The first kappa shape index (κ1) is 35.5. The molecule has 0 saturated carbocycles. The van der Waals surface area contributed by atoms with E-state index in [1.165, 1.54) is 121 Å². The summed E-state index contributed by atoms with van der Waals surface area (Å²) in [7, 11) is 18.6. The van der Waals surface area contributed by atoms with Crippen LogP contribution in [0.2, 0.25) is 0 Å². The smallest absolute Gasteiger partial charge is 0.139 e. The van der Waals surface area contributed by atoms with E-state index >= 15 is 0 Å². The Balaban J connectivity index is 1.24. The van der Waals surface area contributed by atoms with Crippen LogP contribution in [0, 0.1) is 0 Å². The minimum absolute atomic E-state index is 0.918. The van der Waals surface area contributed by atoms with Crippen molar-refractivity contribution in [3.63, 3.8) is 0 Å². The molecule has 0 unspecified atom stereocenters. The van der Waals surface area contributed by atoms with Crippen molar-refractivity contribution in [1.82, 2.24) is 0 Å². The van der Waals surface area contributed by atoms with Crippen molar-refractivity contribution in [2.75, 3.05) is 0 Å². The summed E-state index contributed by atoms with van der Waals surface area (Å²) in [4.78, 5) is 0. The quantitative estimate of drug-likeness (QED) is 0.182. The summed E-state index contributed by atoms with van der Waals surface area (Å²) < 4.78 is 6.36.